The topological polar surface area (TPSA) is 29.5 Å². The van der Waals surface area contributed by atoms with E-state index in [-0.39, 0.29) is 11.9 Å². The second kappa shape index (κ2) is 6.80. The smallest absolute Gasteiger partial charge is 0.232 e. The molecule has 2 fully saturated rings. The molecule has 0 bridgehead atoms. The van der Waals surface area contributed by atoms with Crippen LogP contribution in [0, 0.1) is 11.3 Å². The predicted molar refractivity (Wildman–Crippen MR) is 101 cm³/mol. The Balaban J connectivity index is 2.07. The van der Waals surface area contributed by atoms with Crippen molar-refractivity contribution < 1.29 is 9.53 Å². The van der Waals surface area contributed by atoms with Gasteiger partial charge in [-0.25, -0.2) is 0 Å². The summed E-state index contributed by atoms with van der Waals surface area (Å²) in [4.78, 5) is 15.7. The van der Waals surface area contributed by atoms with Crippen molar-refractivity contribution in [2.45, 2.75) is 51.3 Å². The largest absolute Gasteiger partial charge is 0.353 e. The van der Waals surface area contributed by atoms with E-state index in [9.17, 15) is 4.79 Å². The molecule has 3 nitrogen and oxygen atoms in total. The van der Waals surface area contributed by atoms with Crippen LogP contribution in [0.3, 0.4) is 0 Å². The van der Waals surface area contributed by atoms with Gasteiger partial charge < -0.3 is 9.64 Å². The van der Waals surface area contributed by atoms with E-state index in [1.54, 1.807) is 0 Å². The van der Waals surface area contributed by atoms with E-state index < -0.39 is 11.1 Å². The van der Waals surface area contributed by atoms with Gasteiger partial charge in [-0.2, -0.15) is 0 Å². The molecule has 2 heterocycles. The number of ether oxygens (including phenoxy) is 1. The molecule has 0 spiro atoms. The number of benzene rings is 1. The monoisotopic (exact) mass is 339 g/mol. The van der Waals surface area contributed by atoms with Crippen LogP contribution in [0.15, 0.2) is 55.6 Å². The summed E-state index contributed by atoms with van der Waals surface area (Å²) < 4.78 is 6.29. The van der Waals surface area contributed by atoms with E-state index in [1.807, 2.05) is 35.3 Å². The Labute approximate surface area is 151 Å². The molecule has 0 saturated carbocycles. The average Bonchev–Trinajstić information content (AvgIpc) is 2.98. The zero-order valence-corrected chi connectivity index (χ0v) is 15.4. The summed E-state index contributed by atoms with van der Waals surface area (Å²) in [5, 5.41) is 0. The maximum atomic E-state index is 13.7. The summed E-state index contributed by atoms with van der Waals surface area (Å²) in [7, 11) is 0. The Hall–Kier alpha value is -1.87. The molecule has 0 aliphatic carbocycles. The molecule has 1 aromatic carbocycles. The van der Waals surface area contributed by atoms with Crippen LogP contribution in [0.1, 0.15) is 51.1 Å². The van der Waals surface area contributed by atoms with E-state index >= 15 is 0 Å². The van der Waals surface area contributed by atoms with E-state index in [0.29, 0.717) is 25.4 Å². The van der Waals surface area contributed by atoms with Crippen LogP contribution in [0.25, 0.3) is 0 Å². The summed E-state index contributed by atoms with van der Waals surface area (Å²) in [5.74, 6) is 0.490. The fourth-order valence-electron chi connectivity index (χ4n) is 4.78. The first-order valence-corrected chi connectivity index (χ1v) is 9.27. The van der Waals surface area contributed by atoms with Crippen molar-refractivity contribution in [3.63, 3.8) is 0 Å². The molecule has 0 unspecified atom stereocenters. The SMILES string of the molecule is C=CCC1(CC=C)C[C@@H](CC)[C@]2(C)OC[C@@H](c3ccccc3)N2C1=O. The standard InChI is InChI=1S/C22H29NO2/c1-5-13-22(14-6-2)15-18(7-3)21(4)23(20(22)24)19(16-25-21)17-11-9-8-10-12-17/h5-6,8-12,18-19H,1-2,7,13-16H2,3-4H3/t18-,19+,21+/m1/s1. The van der Waals surface area contributed by atoms with Gasteiger partial charge in [0.05, 0.1) is 18.1 Å². The van der Waals surface area contributed by atoms with E-state index in [0.717, 1.165) is 18.4 Å². The minimum Gasteiger partial charge on any atom is -0.353 e. The first kappa shape index (κ1) is 17.9. The third kappa shape index (κ3) is 2.75. The Morgan fingerprint density at radius 1 is 1.24 bits per heavy atom. The van der Waals surface area contributed by atoms with Crippen molar-refractivity contribution in [1.82, 2.24) is 4.90 Å². The van der Waals surface area contributed by atoms with Crippen molar-refractivity contribution in [1.29, 1.82) is 0 Å². The summed E-state index contributed by atoms with van der Waals surface area (Å²) >= 11 is 0. The van der Waals surface area contributed by atoms with Gasteiger partial charge in [-0.05, 0) is 38.2 Å². The molecule has 3 atom stereocenters. The second-order valence-electron chi connectivity index (χ2n) is 7.54. The zero-order valence-electron chi connectivity index (χ0n) is 15.4. The van der Waals surface area contributed by atoms with Gasteiger partial charge >= 0.3 is 0 Å². The second-order valence-corrected chi connectivity index (χ2v) is 7.54. The summed E-state index contributed by atoms with van der Waals surface area (Å²) in [6, 6.07) is 10.2. The molecular formula is C22H29NO2. The Bertz CT molecular complexity index is 643. The molecule has 3 rings (SSSR count). The fraction of sp³-hybridized carbons (Fsp3) is 0.500. The highest BCUT2D eigenvalue weighted by molar-refractivity contribution is 5.85. The molecule has 3 heteroatoms. The third-order valence-corrected chi connectivity index (χ3v) is 6.14. The number of allylic oxidation sites excluding steroid dienone is 2. The number of rotatable bonds is 6. The van der Waals surface area contributed by atoms with E-state index in [1.165, 1.54) is 0 Å². The highest BCUT2D eigenvalue weighted by Gasteiger charge is 2.60. The molecule has 2 aliphatic rings. The predicted octanol–water partition coefficient (Wildman–Crippen LogP) is 4.87. The van der Waals surface area contributed by atoms with Gasteiger partial charge in [0.15, 0.2) is 0 Å². The molecule has 2 saturated heterocycles. The number of fused-ring (bicyclic) bond motifs is 1. The average molecular weight is 339 g/mol. The van der Waals surface area contributed by atoms with Crippen LogP contribution in [0.2, 0.25) is 0 Å². The fourth-order valence-corrected chi connectivity index (χ4v) is 4.78. The van der Waals surface area contributed by atoms with Crippen molar-refractivity contribution in [3.05, 3.63) is 61.2 Å². The number of hydrogen-bond acceptors (Lipinski definition) is 2. The van der Waals surface area contributed by atoms with Gasteiger partial charge in [0.1, 0.15) is 5.72 Å². The molecule has 0 aromatic heterocycles. The molecule has 0 radical (unpaired) electrons. The number of amides is 1. The Kier molecular flexibility index (Phi) is 4.88. The zero-order chi connectivity index (χ0) is 18.1. The van der Waals surface area contributed by atoms with E-state index in [2.05, 4.69) is 39.1 Å². The number of carbonyl (C=O) groups is 1. The first-order valence-electron chi connectivity index (χ1n) is 9.27. The van der Waals surface area contributed by atoms with Crippen molar-refractivity contribution in [2.24, 2.45) is 11.3 Å². The molecule has 1 aromatic rings. The van der Waals surface area contributed by atoms with Crippen LogP contribution in [-0.4, -0.2) is 23.1 Å². The lowest BCUT2D eigenvalue weighted by Gasteiger charge is -2.53. The number of hydrogen-bond donors (Lipinski definition) is 0. The summed E-state index contributed by atoms with van der Waals surface area (Å²) in [5.41, 5.74) is 0.171. The molecule has 25 heavy (non-hydrogen) atoms. The summed E-state index contributed by atoms with van der Waals surface area (Å²) in [6.07, 6.45) is 6.94. The molecular weight excluding hydrogens is 310 g/mol. The molecule has 0 N–H and O–H groups in total. The van der Waals surface area contributed by atoms with Gasteiger partial charge in [-0.1, -0.05) is 49.4 Å². The molecule has 1 amide bonds. The quantitative estimate of drug-likeness (QED) is 0.692. The Morgan fingerprint density at radius 3 is 2.44 bits per heavy atom. The van der Waals surface area contributed by atoms with Gasteiger partial charge in [0.2, 0.25) is 5.91 Å². The summed E-state index contributed by atoms with van der Waals surface area (Å²) in [6.45, 7) is 12.7. The molecule has 134 valence electrons. The first-order chi connectivity index (χ1) is 12.0. The number of nitrogens with zero attached hydrogens (tertiary/aromatic N) is 1. The van der Waals surface area contributed by atoms with Gasteiger partial charge in [-0.3, -0.25) is 4.79 Å². The number of piperidine rings is 1. The minimum atomic E-state index is -0.530. The van der Waals surface area contributed by atoms with Crippen LogP contribution in [0.5, 0.6) is 0 Å². The maximum Gasteiger partial charge on any atom is 0.232 e. The van der Waals surface area contributed by atoms with Crippen LogP contribution >= 0.6 is 0 Å². The molecule has 2 aliphatic heterocycles. The van der Waals surface area contributed by atoms with E-state index in [4.69, 9.17) is 4.74 Å². The highest BCUT2D eigenvalue weighted by Crippen LogP contribution is 2.54. The minimum absolute atomic E-state index is 0.0259. The highest BCUT2D eigenvalue weighted by atomic mass is 16.5. The van der Waals surface area contributed by atoms with Gasteiger partial charge in [0, 0.05) is 5.92 Å². The van der Waals surface area contributed by atoms with Crippen LogP contribution in [-0.2, 0) is 9.53 Å². The third-order valence-electron chi connectivity index (χ3n) is 6.14. The van der Waals surface area contributed by atoms with Crippen molar-refractivity contribution in [3.8, 4) is 0 Å². The maximum absolute atomic E-state index is 13.7. The van der Waals surface area contributed by atoms with Gasteiger partial charge in [-0.15, -0.1) is 13.2 Å². The number of carbonyl (C=O) groups excluding carboxylic acids is 1. The lowest BCUT2D eigenvalue weighted by Crippen LogP contribution is -2.62. The van der Waals surface area contributed by atoms with Crippen molar-refractivity contribution >= 4 is 5.91 Å². The normalized spacial score (nSPS) is 30.8. The van der Waals surface area contributed by atoms with Gasteiger partial charge in [0.25, 0.3) is 0 Å². The van der Waals surface area contributed by atoms with Crippen molar-refractivity contribution in [2.75, 3.05) is 6.61 Å². The van der Waals surface area contributed by atoms with Crippen LogP contribution < -0.4 is 0 Å². The lowest BCUT2D eigenvalue weighted by atomic mass is 9.66. The van der Waals surface area contributed by atoms with Crippen LogP contribution in [0.4, 0.5) is 0 Å². The Morgan fingerprint density at radius 2 is 1.88 bits per heavy atom. The lowest BCUT2D eigenvalue weighted by molar-refractivity contribution is -0.190.